The molecule has 0 spiro atoms. The van der Waals surface area contributed by atoms with E-state index in [4.69, 9.17) is 0 Å². The molecule has 0 aliphatic carbocycles. The Morgan fingerprint density at radius 2 is 1.95 bits per heavy atom. The summed E-state index contributed by atoms with van der Waals surface area (Å²) in [5.41, 5.74) is 0.631. The van der Waals surface area contributed by atoms with Gasteiger partial charge in [-0.2, -0.15) is 0 Å². The van der Waals surface area contributed by atoms with Crippen LogP contribution < -0.4 is 15.8 Å². The van der Waals surface area contributed by atoms with Crippen molar-refractivity contribution in [2.75, 3.05) is 4.90 Å². The Hall–Kier alpha value is -2.96. The Morgan fingerprint density at radius 1 is 1.14 bits per heavy atom. The minimum atomic E-state index is -0.744. The molecule has 22 heavy (non-hydrogen) atoms. The number of H-pyrrole nitrogens is 1. The third-order valence-electron chi connectivity index (χ3n) is 4.14. The molecule has 7 heteroatoms. The number of aromatic nitrogens is 1. The zero-order chi connectivity index (χ0) is 15.4. The molecular weight excluding hydrogens is 286 g/mol. The molecule has 2 aliphatic rings. The number of pyridine rings is 1. The second-order valence-corrected chi connectivity index (χ2v) is 5.37. The van der Waals surface area contributed by atoms with Gasteiger partial charge in [-0.05, 0) is 18.6 Å². The van der Waals surface area contributed by atoms with Crippen molar-refractivity contribution in [3.05, 3.63) is 40.3 Å². The van der Waals surface area contributed by atoms with Crippen LogP contribution in [0.4, 0.5) is 5.69 Å². The first-order valence-electron chi connectivity index (χ1n) is 6.89. The summed E-state index contributed by atoms with van der Waals surface area (Å²) in [7, 11) is 0. The van der Waals surface area contributed by atoms with Crippen molar-refractivity contribution in [3.63, 3.8) is 0 Å². The SMILES string of the molecule is O=C1CCC(N2C(=O)c3cccc4c(=O)[nH]cc2c34)C(=O)N1. The lowest BCUT2D eigenvalue weighted by atomic mass is 10.0. The largest absolute Gasteiger partial charge is 0.326 e. The molecule has 0 saturated carbocycles. The minimum Gasteiger partial charge on any atom is -0.326 e. The molecule has 2 aromatic rings. The number of piperidine rings is 1. The molecule has 110 valence electrons. The second kappa shape index (κ2) is 4.27. The molecule has 1 aromatic heterocycles. The average Bonchev–Trinajstić information content (AvgIpc) is 2.78. The highest BCUT2D eigenvalue weighted by molar-refractivity contribution is 6.26. The van der Waals surface area contributed by atoms with Crippen LogP contribution in [0, 0.1) is 0 Å². The van der Waals surface area contributed by atoms with E-state index in [0.717, 1.165) is 0 Å². The first-order valence-corrected chi connectivity index (χ1v) is 6.89. The summed E-state index contributed by atoms with van der Waals surface area (Å²) in [6, 6.07) is 4.18. The van der Waals surface area contributed by atoms with E-state index < -0.39 is 11.9 Å². The number of aromatic amines is 1. The smallest absolute Gasteiger partial charge is 0.259 e. The molecule has 0 radical (unpaired) electrons. The quantitative estimate of drug-likeness (QED) is 0.739. The molecule has 4 rings (SSSR count). The van der Waals surface area contributed by atoms with Crippen molar-refractivity contribution in [3.8, 4) is 0 Å². The topological polar surface area (TPSA) is 99.3 Å². The lowest BCUT2D eigenvalue weighted by Crippen LogP contribution is -2.53. The number of hydrogen-bond acceptors (Lipinski definition) is 4. The lowest BCUT2D eigenvalue weighted by molar-refractivity contribution is -0.134. The van der Waals surface area contributed by atoms with Crippen LogP contribution in [0.1, 0.15) is 23.2 Å². The van der Waals surface area contributed by atoms with E-state index in [-0.39, 0.29) is 30.2 Å². The highest BCUT2D eigenvalue weighted by Gasteiger charge is 2.40. The van der Waals surface area contributed by atoms with E-state index in [9.17, 15) is 19.2 Å². The number of amides is 3. The van der Waals surface area contributed by atoms with Gasteiger partial charge in [0.15, 0.2) is 0 Å². The summed E-state index contributed by atoms with van der Waals surface area (Å²) in [6.45, 7) is 0. The van der Waals surface area contributed by atoms with Gasteiger partial charge in [0.05, 0.1) is 11.3 Å². The van der Waals surface area contributed by atoms with Gasteiger partial charge < -0.3 is 4.98 Å². The number of carbonyl (C=O) groups excluding carboxylic acids is 3. The molecule has 3 heterocycles. The Bertz CT molecular complexity index is 915. The van der Waals surface area contributed by atoms with Crippen molar-refractivity contribution in [1.29, 1.82) is 0 Å². The monoisotopic (exact) mass is 297 g/mol. The fraction of sp³-hybridized carbons (Fsp3) is 0.200. The van der Waals surface area contributed by atoms with Gasteiger partial charge in [-0.25, -0.2) is 0 Å². The van der Waals surface area contributed by atoms with Crippen LogP contribution in [0.2, 0.25) is 0 Å². The highest BCUT2D eigenvalue weighted by atomic mass is 16.2. The maximum atomic E-state index is 12.7. The summed E-state index contributed by atoms with van der Waals surface area (Å²) < 4.78 is 0. The van der Waals surface area contributed by atoms with E-state index in [1.165, 1.54) is 11.1 Å². The van der Waals surface area contributed by atoms with Crippen LogP contribution in [-0.4, -0.2) is 28.7 Å². The molecule has 1 unspecified atom stereocenters. The number of nitrogens with one attached hydrogen (secondary N) is 2. The molecule has 0 bridgehead atoms. The van der Waals surface area contributed by atoms with Crippen molar-refractivity contribution in [2.45, 2.75) is 18.9 Å². The van der Waals surface area contributed by atoms with Gasteiger partial charge in [-0.3, -0.25) is 29.4 Å². The molecular formula is C15H11N3O4. The normalized spacial score (nSPS) is 20.6. The summed E-state index contributed by atoms with van der Waals surface area (Å²) in [4.78, 5) is 51.9. The predicted octanol–water partition coefficient (Wildman–Crippen LogP) is 0.293. The molecule has 2 aliphatic heterocycles. The van der Waals surface area contributed by atoms with E-state index >= 15 is 0 Å². The molecule has 2 N–H and O–H groups in total. The van der Waals surface area contributed by atoms with Crippen molar-refractivity contribution >= 4 is 34.2 Å². The van der Waals surface area contributed by atoms with Gasteiger partial charge in [-0.15, -0.1) is 0 Å². The standard InChI is InChI=1S/C15H11N3O4/c19-11-5-4-9(14(21)17-11)18-10-6-16-13(20)7-2-1-3-8(12(7)10)15(18)22/h1-3,6,9H,4-5H2,(H,16,20)(H,17,19,21). The van der Waals surface area contributed by atoms with E-state index in [0.29, 0.717) is 22.0 Å². The Labute approximate surface area is 123 Å². The number of benzene rings is 1. The first-order chi connectivity index (χ1) is 10.6. The van der Waals surface area contributed by atoms with Crippen LogP contribution in [0.3, 0.4) is 0 Å². The molecule has 1 aromatic carbocycles. The second-order valence-electron chi connectivity index (χ2n) is 5.37. The lowest BCUT2D eigenvalue weighted by Gasteiger charge is -2.30. The van der Waals surface area contributed by atoms with E-state index in [1.807, 2.05) is 0 Å². The third kappa shape index (κ3) is 1.56. The molecule has 1 saturated heterocycles. The van der Waals surface area contributed by atoms with Gasteiger partial charge in [0.1, 0.15) is 6.04 Å². The van der Waals surface area contributed by atoms with Gasteiger partial charge >= 0.3 is 0 Å². The first kappa shape index (κ1) is 12.8. The fourth-order valence-electron chi connectivity index (χ4n) is 3.15. The highest BCUT2D eigenvalue weighted by Crippen LogP contribution is 2.37. The molecule has 3 amide bonds. The Balaban J connectivity index is 1.91. The molecule has 1 fully saturated rings. The molecule has 7 nitrogen and oxygen atoms in total. The number of carbonyl (C=O) groups is 3. The maximum absolute atomic E-state index is 12.7. The zero-order valence-corrected chi connectivity index (χ0v) is 11.4. The van der Waals surface area contributed by atoms with Crippen LogP contribution in [0.15, 0.2) is 29.2 Å². The summed E-state index contributed by atoms with van der Waals surface area (Å²) in [6.07, 6.45) is 1.90. The van der Waals surface area contributed by atoms with Crippen molar-refractivity contribution < 1.29 is 14.4 Å². The summed E-state index contributed by atoms with van der Waals surface area (Å²) >= 11 is 0. The van der Waals surface area contributed by atoms with Crippen LogP contribution >= 0.6 is 0 Å². The van der Waals surface area contributed by atoms with E-state index in [2.05, 4.69) is 10.3 Å². The predicted molar refractivity (Wildman–Crippen MR) is 77.5 cm³/mol. The molecule has 1 atom stereocenters. The van der Waals surface area contributed by atoms with Gasteiger partial charge in [0.2, 0.25) is 11.8 Å². The van der Waals surface area contributed by atoms with Crippen LogP contribution in [0.25, 0.3) is 10.8 Å². The third-order valence-corrected chi connectivity index (χ3v) is 4.14. The van der Waals surface area contributed by atoms with E-state index in [1.54, 1.807) is 18.2 Å². The van der Waals surface area contributed by atoms with Gasteiger partial charge in [0.25, 0.3) is 11.5 Å². The number of rotatable bonds is 1. The van der Waals surface area contributed by atoms with Crippen LogP contribution in [0.5, 0.6) is 0 Å². The number of hydrogen-bond donors (Lipinski definition) is 2. The minimum absolute atomic E-state index is 0.184. The van der Waals surface area contributed by atoms with Crippen molar-refractivity contribution in [1.82, 2.24) is 10.3 Å². The number of nitrogens with zero attached hydrogens (tertiary/aromatic N) is 1. The Morgan fingerprint density at radius 3 is 2.73 bits per heavy atom. The number of imide groups is 1. The van der Waals surface area contributed by atoms with Gasteiger partial charge in [0, 0.05) is 23.4 Å². The maximum Gasteiger partial charge on any atom is 0.259 e. The summed E-state index contributed by atoms with van der Waals surface area (Å²) in [5, 5.41) is 3.22. The summed E-state index contributed by atoms with van der Waals surface area (Å²) in [5.74, 6) is -1.15. The Kier molecular flexibility index (Phi) is 2.47. The number of anilines is 1. The van der Waals surface area contributed by atoms with Crippen molar-refractivity contribution in [2.24, 2.45) is 0 Å². The fourth-order valence-corrected chi connectivity index (χ4v) is 3.15. The average molecular weight is 297 g/mol. The zero-order valence-electron chi connectivity index (χ0n) is 11.4. The van der Waals surface area contributed by atoms with Crippen LogP contribution in [-0.2, 0) is 9.59 Å². The van der Waals surface area contributed by atoms with Gasteiger partial charge in [-0.1, -0.05) is 6.07 Å².